The minimum absolute atomic E-state index is 0.209. The third-order valence-electron chi connectivity index (χ3n) is 9.66. The van der Waals surface area contributed by atoms with Crippen LogP contribution in [0, 0.1) is 0 Å². The molecule has 0 spiro atoms. The highest BCUT2D eigenvalue weighted by atomic mass is 32.2. The van der Waals surface area contributed by atoms with Crippen molar-refractivity contribution in [3.05, 3.63) is 164 Å². The van der Waals surface area contributed by atoms with Gasteiger partial charge in [0.15, 0.2) is 0 Å². The summed E-state index contributed by atoms with van der Waals surface area (Å²) in [6.45, 7) is 0.209. The Bertz CT molecular complexity index is 2480. The Morgan fingerprint density at radius 1 is 0.457 bits per heavy atom. The highest BCUT2D eigenvalue weighted by molar-refractivity contribution is 8.00. The second kappa shape index (κ2) is 10.0. The Balaban J connectivity index is 1.21. The predicted octanol–water partition coefficient (Wildman–Crippen LogP) is 9.21. The average Bonchev–Trinajstić information content (AvgIpc) is 3.45. The summed E-state index contributed by atoms with van der Waals surface area (Å²) in [7, 11) is 0. The fourth-order valence-corrected chi connectivity index (χ4v) is 8.91. The minimum atomic E-state index is 0.209. The van der Waals surface area contributed by atoms with Gasteiger partial charge in [-0.05, 0) is 71.1 Å². The van der Waals surface area contributed by atoms with Gasteiger partial charge in [0.1, 0.15) is 0 Å². The molecule has 0 saturated carbocycles. The summed E-state index contributed by atoms with van der Waals surface area (Å²) in [4.78, 5) is 5.20. The second-order valence-corrected chi connectivity index (χ2v) is 13.2. The first-order valence-electron chi connectivity index (χ1n) is 15.8. The molecule has 8 aromatic rings. The summed E-state index contributed by atoms with van der Waals surface area (Å²) in [6.07, 6.45) is 0. The van der Waals surface area contributed by atoms with Crippen LogP contribution in [0.4, 0.5) is 17.1 Å². The number of benzene rings is 7. The molecular weight excluding hydrogens is 575 g/mol. The van der Waals surface area contributed by atoms with Gasteiger partial charge in [0, 0.05) is 43.2 Å². The molecule has 7 aromatic carbocycles. The maximum absolute atomic E-state index is 2.51. The Labute approximate surface area is 272 Å². The normalized spacial score (nSPS) is 13.0. The summed E-state index contributed by atoms with van der Waals surface area (Å²) in [5.74, 6) is 0. The van der Waals surface area contributed by atoms with Crippen LogP contribution < -0.4 is 21.3 Å². The van der Waals surface area contributed by atoms with Crippen LogP contribution in [-0.2, 0) is 0 Å². The Hall–Kier alpha value is -5.45. The Kier molecular flexibility index (Phi) is 5.64. The van der Waals surface area contributed by atoms with Crippen molar-refractivity contribution in [3.8, 4) is 16.8 Å². The van der Waals surface area contributed by atoms with E-state index in [1.807, 2.05) is 11.8 Å². The van der Waals surface area contributed by atoms with Gasteiger partial charge in [-0.1, -0.05) is 126 Å². The van der Waals surface area contributed by atoms with Crippen molar-refractivity contribution in [3.63, 3.8) is 0 Å². The molecule has 2 nitrogen and oxygen atoms in total. The van der Waals surface area contributed by atoms with Gasteiger partial charge in [0.2, 0.25) is 6.71 Å². The third-order valence-corrected chi connectivity index (χ3v) is 10.8. The quantitative estimate of drug-likeness (QED) is 0.186. The fourth-order valence-electron chi connectivity index (χ4n) is 7.75. The zero-order valence-electron chi connectivity index (χ0n) is 25.0. The van der Waals surface area contributed by atoms with Crippen molar-refractivity contribution in [2.45, 2.75) is 9.79 Å². The van der Waals surface area contributed by atoms with E-state index in [-0.39, 0.29) is 6.71 Å². The molecule has 0 saturated heterocycles. The van der Waals surface area contributed by atoms with Crippen molar-refractivity contribution in [2.75, 3.05) is 4.90 Å². The molecule has 0 amide bonds. The zero-order chi connectivity index (χ0) is 30.2. The Morgan fingerprint density at radius 3 is 2.04 bits per heavy atom. The van der Waals surface area contributed by atoms with Crippen LogP contribution >= 0.6 is 11.8 Å². The van der Waals surface area contributed by atoms with Gasteiger partial charge in [-0.25, -0.2) is 0 Å². The first kappa shape index (κ1) is 25.8. The van der Waals surface area contributed by atoms with Crippen LogP contribution in [0.3, 0.4) is 0 Å². The van der Waals surface area contributed by atoms with E-state index < -0.39 is 0 Å². The molecule has 2 aliphatic rings. The van der Waals surface area contributed by atoms with Gasteiger partial charge in [0.25, 0.3) is 0 Å². The minimum Gasteiger partial charge on any atom is -0.311 e. The number of fused-ring (bicyclic) bond motifs is 7. The highest BCUT2D eigenvalue weighted by Gasteiger charge is 2.40. The number of rotatable bonds is 3. The van der Waals surface area contributed by atoms with E-state index in [1.54, 1.807) is 0 Å². The van der Waals surface area contributed by atoms with Gasteiger partial charge in [-0.15, -0.1) is 0 Å². The summed E-state index contributed by atoms with van der Waals surface area (Å²) in [5, 5.41) is 2.53. The van der Waals surface area contributed by atoms with Crippen molar-refractivity contribution < 1.29 is 0 Å². The number of aromatic nitrogens is 1. The smallest absolute Gasteiger partial charge is 0.249 e. The van der Waals surface area contributed by atoms with Gasteiger partial charge in [-0.3, -0.25) is 0 Å². The van der Waals surface area contributed by atoms with Gasteiger partial charge < -0.3 is 9.47 Å². The molecule has 2 aliphatic heterocycles. The molecule has 46 heavy (non-hydrogen) atoms. The van der Waals surface area contributed by atoms with E-state index in [2.05, 4.69) is 173 Å². The third kappa shape index (κ3) is 3.68. The summed E-state index contributed by atoms with van der Waals surface area (Å²) < 4.78 is 2.40. The number of nitrogens with zero attached hydrogens (tertiary/aromatic N) is 2. The van der Waals surface area contributed by atoms with E-state index in [4.69, 9.17) is 0 Å². The van der Waals surface area contributed by atoms with Crippen molar-refractivity contribution in [1.29, 1.82) is 0 Å². The van der Waals surface area contributed by atoms with Crippen LogP contribution in [0.1, 0.15) is 0 Å². The molecule has 4 heteroatoms. The molecular formula is C42H27BN2S. The maximum Gasteiger partial charge on any atom is 0.249 e. The molecule has 1 aromatic heterocycles. The molecule has 3 heterocycles. The van der Waals surface area contributed by atoms with Crippen LogP contribution in [0.15, 0.2) is 174 Å². The van der Waals surface area contributed by atoms with Crippen molar-refractivity contribution in [1.82, 2.24) is 4.57 Å². The zero-order valence-corrected chi connectivity index (χ0v) is 25.8. The van der Waals surface area contributed by atoms with Crippen molar-refractivity contribution >= 4 is 73.7 Å². The monoisotopic (exact) mass is 602 g/mol. The van der Waals surface area contributed by atoms with Gasteiger partial charge in [0.05, 0.1) is 16.7 Å². The van der Waals surface area contributed by atoms with E-state index in [9.17, 15) is 0 Å². The SMILES string of the molecule is c1ccc(-n2c3ccccc3c3ccc(-c4ccccc4N4c5ccccc5B5c6ccccc6Sc6cccc4c65)cc32)cc1. The fraction of sp³-hybridized carbons (Fsp3) is 0. The van der Waals surface area contributed by atoms with E-state index in [1.165, 1.54) is 81.9 Å². The predicted molar refractivity (Wildman–Crippen MR) is 196 cm³/mol. The number of para-hydroxylation sites is 4. The molecule has 0 aliphatic carbocycles. The molecule has 0 N–H and O–H groups in total. The lowest BCUT2D eigenvalue weighted by atomic mass is 9.35. The standard InChI is InChI=1S/C42H27BN2S/c1-2-13-29(14-3-1)44-36-20-9-5-16-31(36)32-26-25-28(27-39(32)44)30-15-4-8-19-35(30)45-37-21-10-6-17-33(37)43-34-18-7-11-23-40(34)46-41-24-12-22-38(45)42(41)43/h1-27H. The van der Waals surface area contributed by atoms with Crippen LogP contribution in [-0.4, -0.2) is 11.3 Å². The molecule has 10 rings (SSSR count). The molecule has 0 unspecified atom stereocenters. The second-order valence-electron chi connectivity index (χ2n) is 12.1. The topological polar surface area (TPSA) is 8.17 Å². The summed E-state index contributed by atoms with van der Waals surface area (Å²) >= 11 is 1.90. The van der Waals surface area contributed by atoms with Crippen LogP contribution in [0.2, 0.25) is 0 Å². The lowest BCUT2D eigenvalue weighted by Gasteiger charge is -2.40. The highest BCUT2D eigenvalue weighted by Crippen LogP contribution is 2.45. The van der Waals surface area contributed by atoms with E-state index in [0.29, 0.717) is 0 Å². The first-order chi connectivity index (χ1) is 22.8. The van der Waals surface area contributed by atoms with E-state index >= 15 is 0 Å². The summed E-state index contributed by atoms with van der Waals surface area (Å²) in [5.41, 5.74) is 13.9. The van der Waals surface area contributed by atoms with Crippen LogP contribution in [0.5, 0.6) is 0 Å². The number of anilines is 3. The average molecular weight is 603 g/mol. The number of hydrogen-bond donors (Lipinski definition) is 0. The van der Waals surface area contributed by atoms with Gasteiger partial charge >= 0.3 is 0 Å². The lowest BCUT2D eigenvalue weighted by Crippen LogP contribution is -2.59. The first-order valence-corrected chi connectivity index (χ1v) is 16.6. The molecule has 0 atom stereocenters. The largest absolute Gasteiger partial charge is 0.311 e. The van der Waals surface area contributed by atoms with E-state index in [0.717, 1.165) is 0 Å². The maximum atomic E-state index is 2.51. The number of hydrogen-bond acceptors (Lipinski definition) is 2. The van der Waals surface area contributed by atoms with Crippen molar-refractivity contribution in [2.24, 2.45) is 0 Å². The molecule has 0 fully saturated rings. The molecule has 0 bridgehead atoms. The molecule has 0 radical (unpaired) electrons. The van der Waals surface area contributed by atoms with Gasteiger partial charge in [-0.2, -0.15) is 0 Å². The summed E-state index contributed by atoms with van der Waals surface area (Å²) in [6, 6.07) is 60.1. The lowest BCUT2D eigenvalue weighted by molar-refractivity contribution is 1.18. The Morgan fingerprint density at radius 2 is 1.13 bits per heavy atom. The molecule has 214 valence electrons. The van der Waals surface area contributed by atoms with Crippen LogP contribution in [0.25, 0.3) is 38.6 Å².